The van der Waals surface area contributed by atoms with Crippen molar-refractivity contribution in [1.82, 2.24) is 4.98 Å². The van der Waals surface area contributed by atoms with Crippen molar-refractivity contribution in [3.05, 3.63) is 152 Å². The largest absolute Gasteiger partial charge is 0.465 e. The minimum atomic E-state index is -7.22. The van der Waals surface area contributed by atoms with Crippen molar-refractivity contribution in [3.8, 4) is 0 Å². The smallest absolute Gasteiger partial charge is 0.345 e. The second-order valence-electron chi connectivity index (χ2n) is 14.4. The molecule has 1 heterocycles. The fourth-order valence-corrected chi connectivity index (χ4v) is 7.94. The van der Waals surface area contributed by atoms with Crippen LogP contribution in [0.1, 0.15) is 32.1 Å². The number of carbonyl (C=O) groups is 2. The minimum Gasteiger partial charge on any atom is -0.465 e. The van der Waals surface area contributed by atoms with Gasteiger partial charge in [-0.2, -0.15) is 4.57 Å². The first-order valence-corrected chi connectivity index (χ1v) is 18.8. The van der Waals surface area contributed by atoms with Gasteiger partial charge in [0.05, 0.1) is 26.6 Å². The molecule has 1 fully saturated rings. The van der Waals surface area contributed by atoms with Gasteiger partial charge in [-0.1, -0.05) is 19.3 Å². The Morgan fingerprint density at radius 1 is 0.456 bits per heavy atom. The van der Waals surface area contributed by atoms with E-state index in [4.69, 9.17) is 9.47 Å². The van der Waals surface area contributed by atoms with Gasteiger partial charge in [0.2, 0.25) is 0 Å². The maximum Gasteiger partial charge on any atom is 0.345 e. The summed E-state index contributed by atoms with van der Waals surface area (Å²) in [6.07, 6.45) is 5.10. The number of hydrogen-bond acceptors (Lipinski definition) is 5. The molecular formula is C41H23BF20N2O4. The number of halogens is 20. The van der Waals surface area contributed by atoms with Gasteiger partial charge in [-0.05, 0) is 18.8 Å². The summed E-state index contributed by atoms with van der Waals surface area (Å²) in [6, 6.07) is 0. The van der Waals surface area contributed by atoms with E-state index in [1.807, 2.05) is 17.0 Å². The van der Waals surface area contributed by atoms with Gasteiger partial charge >= 0.3 is 11.9 Å². The van der Waals surface area contributed by atoms with Crippen LogP contribution in [0.25, 0.3) is 0 Å². The minimum absolute atomic E-state index is 0.0335. The molecular weight excluding hydrogens is 975 g/mol. The molecule has 6 nitrogen and oxygen atoms in total. The third-order valence-corrected chi connectivity index (χ3v) is 10.9. The second-order valence-corrected chi connectivity index (χ2v) is 14.4. The van der Waals surface area contributed by atoms with Gasteiger partial charge in [0.25, 0.3) is 0 Å². The summed E-state index contributed by atoms with van der Waals surface area (Å²) in [5, 5.41) is 0. The fourth-order valence-electron chi connectivity index (χ4n) is 7.94. The quantitative estimate of drug-likeness (QED) is 0.0177. The third-order valence-electron chi connectivity index (χ3n) is 10.9. The van der Waals surface area contributed by atoms with E-state index in [1.165, 1.54) is 20.6 Å². The molecule has 0 radical (unpaired) electrons. The van der Waals surface area contributed by atoms with Gasteiger partial charge in [-0.25, -0.2) is 97.4 Å². The molecule has 0 atom stereocenters. The van der Waals surface area contributed by atoms with Crippen molar-refractivity contribution >= 4 is 39.9 Å². The lowest BCUT2D eigenvalue weighted by Crippen LogP contribution is -2.81. The number of hydrogen-bond donors (Lipinski definition) is 0. The van der Waals surface area contributed by atoms with E-state index in [0.29, 0.717) is 6.54 Å². The lowest BCUT2D eigenvalue weighted by molar-refractivity contribution is -0.690. The molecule has 1 aliphatic carbocycles. The number of allylic oxidation sites excluding steroid dienone is 1. The summed E-state index contributed by atoms with van der Waals surface area (Å²) in [5.41, 5.74) is -13.5. The normalized spacial score (nSPS) is 13.0. The summed E-state index contributed by atoms with van der Waals surface area (Å²) in [4.78, 5) is 28.4. The lowest BCUT2D eigenvalue weighted by Gasteiger charge is -2.44. The van der Waals surface area contributed by atoms with Crippen LogP contribution in [-0.2, 0) is 25.6 Å². The van der Waals surface area contributed by atoms with E-state index in [2.05, 4.69) is 4.98 Å². The summed E-state index contributed by atoms with van der Waals surface area (Å²) < 4.78 is 306. The van der Waals surface area contributed by atoms with Crippen molar-refractivity contribution in [2.24, 2.45) is 5.92 Å². The number of carbonyl (C=O) groups excluding carboxylic acids is 2. The van der Waals surface area contributed by atoms with Gasteiger partial charge in [-0.3, -0.25) is 4.98 Å². The first-order valence-electron chi connectivity index (χ1n) is 18.8. The van der Waals surface area contributed by atoms with Crippen LogP contribution >= 0.6 is 0 Å². The summed E-state index contributed by atoms with van der Waals surface area (Å²) in [7, 11) is 2.56. The highest BCUT2D eigenvalue weighted by Gasteiger charge is 2.52. The molecule has 0 aliphatic heterocycles. The van der Waals surface area contributed by atoms with Crippen LogP contribution in [0, 0.1) is 122 Å². The van der Waals surface area contributed by atoms with Crippen LogP contribution < -0.4 is 26.4 Å². The van der Waals surface area contributed by atoms with Gasteiger partial charge in [0.1, 0.15) is 52.7 Å². The molecule has 0 unspecified atom stereocenters. The predicted octanol–water partition coefficient (Wildman–Crippen LogP) is 7.44. The number of aromatic nitrogens is 2. The lowest BCUT2D eigenvalue weighted by atomic mass is 9.12. The van der Waals surface area contributed by atoms with E-state index in [0.717, 1.165) is 31.3 Å². The Bertz CT molecular complexity index is 2480. The molecule has 1 saturated carbocycles. The van der Waals surface area contributed by atoms with E-state index in [1.54, 1.807) is 12.4 Å². The molecule has 0 spiro atoms. The molecule has 4 aromatic carbocycles. The Morgan fingerprint density at radius 3 is 0.956 bits per heavy atom. The Kier molecular flexibility index (Phi) is 15.6. The molecule has 68 heavy (non-hydrogen) atoms. The molecule has 5 aromatic rings. The van der Waals surface area contributed by atoms with Crippen LogP contribution in [0.2, 0.25) is 0 Å². The van der Waals surface area contributed by atoms with Crippen LogP contribution in [0.4, 0.5) is 87.8 Å². The fraction of sp³-hybridized carbons (Fsp3) is 0.220. The Hall–Kier alpha value is -6.70. The van der Waals surface area contributed by atoms with Crippen LogP contribution in [0.15, 0.2) is 35.9 Å². The molecule has 1 aromatic heterocycles. The summed E-state index contributed by atoms with van der Waals surface area (Å²) in [6.45, 7) is 0.451. The van der Waals surface area contributed by atoms with Gasteiger partial charge in [0.15, 0.2) is 94.3 Å². The number of benzene rings is 4. The molecule has 0 saturated heterocycles. The van der Waals surface area contributed by atoms with Gasteiger partial charge in [0, 0.05) is 5.57 Å². The zero-order valence-electron chi connectivity index (χ0n) is 33.8. The number of methoxy groups -OCH3 is 2. The summed E-state index contributed by atoms with van der Waals surface area (Å²) in [5.74, 6) is -72.5. The maximum absolute atomic E-state index is 15.4. The van der Waals surface area contributed by atoms with Gasteiger partial charge in [-0.15, -0.1) is 21.9 Å². The highest BCUT2D eigenvalue weighted by atomic mass is 19.2. The molecule has 27 heteroatoms. The number of rotatable bonds is 9. The number of ether oxygens (including phenoxy) is 2. The van der Waals surface area contributed by atoms with E-state index < -0.39 is 156 Å². The van der Waals surface area contributed by atoms with Crippen molar-refractivity contribution in [2.75, 3.05) is 14.2 Å². The first kappa shape index (κ1) is 52.3. The molecule has 0 bridgehead atoms. The summed E-state index contributed by atoms with van der Waals surface area (Å²) >= 11 is 0. The Balaban J connectivity index is 0.000000314. The average molecular weight is 998 g/mol. The zero-order valence-corrected chi connectivity index (χ0v) is 33.8. The standard InChI is InChI=1S/C24BF20.C17H23N2O4/c26-5-1(6(27)14(35)21(42)13(5)34)25(2-7(28)15(36)22(43)16(37)8(2)29,3-9(30)17(38)23(44)18(39)10(3)31)4-11(32)19(40)24(45)20(41)12(4)33;1-22-16(20)15(17(21)23-2)14(13-6-4-3-5-7-13)12-19-10-8-18-9-11-19/h;8-11,13H,3-7,12H2,1-2H3/q-1;+1. The maximum atomic E-state index is 15.4. The van der Waals surface area contributed by atoms with E-state index >= 15 is 35.1 Å². The highest BCUT2D eigenvalue weighted by Crippen LogP contribution is 2.33. The van der Waals surface area contributed by atoms with Crippen molar-refractivity contribution < 1.29 is 111 Å². The molecule has 0 amide bonds. The molecule has 0 N–H and O–H groups in total. The Morgan fingerprint density at radius 2 is 0.706 bits per heavy atom. The Labute approximate surface area is 367 Å². The molecule has 364 valence electrons. The van der Waals surface area contributed by atoms with E-state index in [9.17, 15) is 62.3 Å². The van der Waals surface area contributed by atoms with Crippen molar-refractivity contribution in [2.45, 2.75) is 38.6 Å². The molecule has 1 aliphatic rings. The predicted molar refractivity (Wildman–Crippen MR) is 191 cm³/mol. The highest BCUT2D eigenvalue weighted by molar-refractivity contribution is 7.20. The second kappa shape index (κ2) is 20.3. The third kappa shape index (κ3) is 8.58. The van der Waals surface area contributed by atoms with Gasteiger partial charge < -0.3 is 9.47 Å². The van der Waals surface area contributed by atoms with Crippen molar-refractivity contribution in [3.63, 3.8) is 0 Å². The average Bonchev–Trinajstić information content (AvgIpc) is 3.34. The SMILES string of the molecule is COC(=O)C(C(=O)OC)=C(C[n+]1ccncc1)C1CCCCC1.Fc1c(F)c(F)c([B-](c2c(F)c(F)c(F)c(F)c2F)(c2c(F)c(F)c(F)c(F)c2F)c2c(F)c(F)c(F)c(F)c2F)c(F)c1F. The number of nitrogens with zero attached hydrogens (tertiary/aromatic N) is 2. The van der Waals surface area contributed by atoms with Crippen LogP contribution in [0.3, 0.4) is 0 Å². The first-order chi connectivity index (χ1) is 31.9. The van der Waals surface area contributed by atoms with E-state index in [-0.39, 0.29) is 11.5 Å². The van der Waals surface area contributed by atoms with Crippen LogP contribution in [0.5, 0.6) is 0 Å². The van der Waals surface area contributed by atoms with Crippen molar-refractivity contribution in [1.29, 1.82) is 0 Å². The zero-order chi connectivity index (χ0) is 51.0. The molecule has 6 rings (SSSR count). The number of esters is 2. The topological polar surface area (TPSA) is 69.4 Å². The van der Waals surface area contributed by atoms with Crippen LogP contribution in [-0.4, -0.2) is 37.3 Å². The monoisotopic (exact) mass is 998 g/mol.